The van der Waals surface area contributed by atoms with Crippen LogP contribution in [0.2, 0.25) is 0 Å². The highest BCUT2D eigenvalue weighted by molar-refractivity contribution is 5.29. The number of nitrogens with zero attached hydrogens (tertiary/aromatic N) is 2. The molecule has 3 unspecified atom stereocenters. The average molecular weight is 269 g/mol. The number of hydrogen-bond acceptors (Lipinski definition) is 2. The van der Waals surface area contributed by atoms with Gasteiger partial charge in [-0.3, -0.25) is 4.68 Å². The third-order valence-corrected chi connectivity index (χ3v) is 4.36. The first-order valence-electron chi connectivity index (χ1n) is 7.51. The summed E-state index contributed by atoms with van der Waals surface area (Å²) in [4.78, 5) is 0. The van der Waals surface area contributed by atoms with E-state index in [2.05, 4.69) is 72.4 Å². The van der Waals surface area contributed by atoms with Crippen LogP contribution in [0.15, 0.2) is 36.4 Å². The molecule has 0 bridgehead atoms. The largest absolute Gasteiger partial charge is 0.311 e. The molecule has 3 atom stereocenters. The Bertz CT molecular complexity index is 573. The lowest BCUT2D eigenvalue weighted by atomic mass is 10.0. The fraction of sp³-hybridized carbons (Fsp3) is 0.471. The van der Waals surface area contributed by atoms with Crippen molar-refractivity contribution in [3.63, 3.8) is 0 Å². The Hall–Kier alpha value is -1.61. The van der Waals surface area contributed by atoms with Crippen molar-refractivity contribution in [3.05, 3.63) is 53.3 Å². The fourth-order valence-corrected chi connectivity index (χ4v) is 3.32. The minimum Gasteiger partial charge on any atom is -0.311 e. The summed E-state index contributed by atoms with van der Waals surface area (Å²) in [7, 11) is 2.06. The zero-order valence-electron chi connectivity index (χ0n) is 12.5. The van der Waals surface area contributed by atoms with Crippen LogP contribution in [-0.2, 0) is 6.54 Å². The molecule has 20 heavy (non-hydrogen) atoms. The van der Waals surface area contributed by atoms with Crippen LogP contribution in [0.25, 0.3) is 0 Å². The van der Waals surface area contributed by atoms with Crippen LogP contribution in [0.3, 0.4) is 0 Å². The standard InChI is InChI=1S/C17H23N3/c1-4-20-16(10-12(2)19-20)17(18-3)15-11-14(15)13-8-6-5-7-9-13/h5-10,14-15,17-18H,4,11H2,1-3H3. The van der Waals surface area contributed by atoms with Gasteiger partial charge in [0, 0.05) is 6.54 Å². The lowest BCUT2D eigenvalue weighted by Crippen LogP contribution is -2.22. The Labute approximate surface area is 121 Å². The summed E-state index contributed by atoms with van der Waals surface area (Å²) in [6, 6.07) is 13.5. The third-order valence-electron chi connectivity index (χ3n) is 4.36. The Balaban J connectivity index is 1.82. The van der Waals surface area contributed by atoms with Gasteiger partial charge in [-0.1, -0.05) is 30.3 Å². The zero-order valence-corrected chi connectivity index (χ0v) is 12.5. The smallest absolute Gasteiger partial charge is 0.0597 e. The van der Waals surface area contributed by atoms with Crippen LogP contribution in [0, 0.1) is 12.8 Å². The van der Waals surface area contributed by atoms with Gasteiger partial charge in [0.05, 0.1) is 17.4 Å². The first-order valence-corrected chi connectivity index (χ1v) is 7.51. The molecular formula is C17H23N3. The van der Waals surface area contributed by atoms with E-state index in [1.165, 1.54) is 17.7 Å². The van der Waals surface area contributed by atoms with E-state index >= 15 is 0 Å². The predicted octanol–water partition coefficient (Wildman–Crippen LogP) is 3.28. The molecule has 1 heterocycles. The molecule has 1 aromatic heterocycles. The molecule has 3 nitrogen and oxygen atoms in total. The minimum atomic E-state index is 0.404. The molecule has 2 aromatic rings. The molecule has 1 aromatic carbocycles. The van der Waals surface area contributed by atoms with E-state index in [9.17, 15) is 0 Å². The number of aryl methyl sites for hydroxylation is 2. The molecule has 1 saturated carbocycles. The monoisotopic (exact) mass is 269 g/mol. The highest BCUT2D eigenvalue weighted by atomic mass is 15.3. The van der Waals surface area contributed by atoms with Crippen LogP contribution in [-0.4, -0.2) is 16.8 Å². The molecule has 0 amide bonds. The van der Waals surface area contributed by atoms with Crippen molar-refractivity contribution in [3.8, 4) is 0 Å². The van der Waals surface area contributed by atoms with Crippen LogP contribution >= 0.6 is 0 Å². The maximum atomic E-state index is 4.58. The van der Waals surface area contributed by atoms with Gasteiger partial charge in [-0.05, 0) is 50.8 Å². The van der Waals surface area contributed by atoms with E-state index in [1.54, 1.807) is 0 Å². The Morgan fingerprint density at radius 3 is 2.75 bits per heavy atom. The van der Waals surface area contributed by atoms with Gasteiger partial charge in [-0.25, -0.2) is 0 Å². The van der Waals surface area contributed by atoms with E-state index < -0.39 is 0 Å². The van der Waals surface area contributed by atoms with E-state index in [0.717, 1.165) is 12.2 Å². The Morgan fingerprint density at radius 1 is 1.35 bits per heavy atom. The molecule has 3 rings (SSSR count). The molecule has 0 saturated heterocycles. The molecule has 0 aliphatic heterocycles. The second-order valence-electron chi connectivity index (χ2n) is 5.71. The van der Waals surface area contributed by atoms with Gasteiger partial charge in [-0.15, -0.1) is 0 Å². The first-order chi connectivity index (χ1) is 9.74. The van der Waals surface area contributed by atoms with E-state index in [4.69, 9.17) is 0 Å². The summed E-state index contributed by atoms with van der Waals surface area (Å²) in [5.74, 6) is 1.37. The SMILES string of the molecule is CCn1nc(C)cc1C(NC)C1CC1c1ccccc1. The van der Waals surface area contributed by atoms with E-state index in [-0.39, 0.29) is 0 Å². The molecule has 0 radical (unpaired) electrons. The van der Waals surface area contributed by atoms with Crippen molar-refractivity contribution >= 4 is 0 Å². The number of rotatable bonds is 5. The highest BCUT2D eigenvalue weighted by Gasteiger charge is 2.44. The summed E-state index contributed by atoms with van der Waals surface area (Å²) in [5.41, 5.74) is 3.91. The quantitative estimate of drug-likeness (QED) is 0.902. The molecule has 3 heteroatoms. The molecular weight excluding hydrogens is 246 g/mol. The van der Waals surface area contributed by atoms with Crippen molar-refractivity contribution in [2.45, 2.75) is 38.8 Å². The van der Waals surface area contributed by atoms with Crippen molar-refractivity contribution in [1.29, 1.82) is 0 Å². The molecule has 1 fully saturated rings. The molecule has 1 aliphatic rings. The molecule has 1 N–H and O–H groups in total. The van der Waals surface area contributed by atoms with Crippen molar-refractivity contribution in [1.82, 2.24) is 15.1 Å². The van der Waals surface area contributed by atoms with E-state index in [0.29, 0.717) is 17.9 Å². The van der Waals surface area contributed by atoms with Crippen LogP contribution < -0.4 is 5.32 Å². The van der Waals surface area contributed by atoms with Crippen molar-refractivity contribution < 1.29 is 0 Å². The number of benzene rings is 1. The van der Waals surface area contributed by atoms with Gasteiger partial charge in [0.2, 0.25) is 0 Å². The normalized spacial score (nSPS) is 22.8. The number of aromatic nitrogens is 2. The maximum Gasteiger partial charge on any atom is 0.0597 e. The van der Waals surface area contributed by atoms with Crippen molar-refractivity contribution in [2.75, 3.05) is 7.05 Å². The summed E-state index contributed by atoms with van der Waals surface area (Å²) in [5, 5.41) is 8.09. The summed E-state index contributed by atoms with van der Waals surface area (Å²) in [6.07, 6.45) is 1.27. The van der Waals surface area contributed by atoms with Crippen LogP contribution in [0.5, 0.6) is 0 Å². The highest BCUT2D eigenvalue weighted by Crippen LogP contribution is 2.53. The predicted molar refractivity (Wildman–Crippen MR) is 81.7 cm³/mol. The van der Waals surface area contributed by atoms with Gasteiger partial charge in [0.15, 0.2) is 0 Å². The van der Waals surface area contributed by atoms with Gasteiger partial charge >= 0.3 is 0 Å². The summed E-state index contributed by atoms with van der Waals surface area (Å²) in [6.45, 7) is 5.16. The second kappa shape index (κ2) is 5.41. The third kappa shape index (κ3) is 2.38. The lowest BCUT2D eigenvalue weighted by molar-refractivity contribution is 0.465. The molecule has 0 spiro atoms. The maximum absolute atomic E-state index is 4.58. The van der Waals surface area contributed by atoms with Crippen LogP contribution in [0.1, 0.15) is 42.3 Å². The average Bonchev–Trinajstić information content (AvgIpc) is 3.17. The van der Waals surface area contributed by atoms with E-state index in [1.807, 2.05) is 0 Å². The minimum absolute atomic E-state index is 0.404. The van der Waals surface area contributed by atoms with Gasteiger partial charge in [0.25, 0.3) is 0 Å². The molecule has 1 aliphatic carbocycles. The summed E-state index contributed by atoms with van der Waals surface area (Å²) >= 11 is 0. The number of hydrogen-bond donors (Lipinski definition) is 1. The van der Waals surface area contributed by atoms with Gasteiger partial charge < -0.3 is 5.32 Å². The van der Waals surface area contributed by atoms with Crippen LogP contribution in [0.4, 0.5) is 0 Å². The first kappa shape index (κ1) is 13.4. The van der Waals surface area contributed by atoms with Gasteiger partial charge in [-0.2, -0.15) is 5.10 Å². The lowest BCUT2D eigenvalue weighted by Gasteiger charge is -2.17. The second-order valence-corrected chi connectivity index (χ2v) is 5.71. The van der Waals surface area contributed by atoms with Gasteiger partial charge in [0.1, 0.15) is 0 Å². The zero-order chi connectivity index (χ0) is 14.1. The van der Waals surface area contributed by atoms with Crippen molar-refractivity contribution in [2.24, 2.45) is 5.92 Å². The Kier molecular flexibility index (Phi) is 3.62. The Morgan fingerprint density at radius 2 is 2.10 bits per heavy atom. The summed E-state index contributed by atoms with van der Waals surface area (Å²) < 4.78 is 2.14. The topological polar surface area (TPSA) is 29.9 Å². The molecule has 106 valence electrons. The fourth-order valence-electron chi connectivity index (χ4n) is 3.32. The number of nitrogens with one attached hydrogen (secondary N) is 1.